The zero-order chi connectivity index (χ0) is 18.9. The Morgan fingerprint density at radius 3 is 2.46 bits per heavy atom. The van der Waals surface area contributed by atoms with Gasteiger partial charge in [-0.25, -0.2) is 4.98 Å². The van der Waals surface area contributed by atoms with Crippen molar-refractivity contribution in [1.82, 2.24) is 14.8 Å². The second kappa shape index (κ2) is 8.02. The van der Waals surface area contributed by atoms with Crippen molar-refractivity contribution in [2.24, 2.45) is 5.92 Å². The number of pyridine rings is 1. The molecular formula is C23H33N3O2. The molecule has 0 unspecified atom stereocenters. The van der Waals surface area contributed by atoms with E-state index in [9.17, 15) is 4.79 Å². The first-order chi connectivity index (χ1) is 13.8. The monoisotopic (exact) mass is 383 g/mol. The highest BCUT2D eigenvalue weighted by Gasteiger charge is 2.31. The summed E-state index contributed by atoms with van der Waals surface area (Å²) < 4.78 is 6.24. The van der Waals surface area contributed by atoms with Crippen LogP contribution in [0.4, 0.5) is 0 Å². The van der Waals surface area contributed by atoms with E-state index in [1.165, 1.54) is 50.8 Å². The van der Waals surface area contributed by atoms with Crippen LogP contribution in [0.3, 0.4) is 0 Å². The minimum absolute atomic E-state index is 0.267. The first-order valence-electron chi connectivity index (χ1n) is 11.4. The molecule has 0 N–H and O–H groups in total. The second-order valence-electron chi connectivity index (χ2n) is 9.18. The Balaban J connectivity index is 1.16. The third-order valence-electron chi connectivity index (χ3n) is 7.39. The summed E-state index contributed by atoms with van der Waals surface area (Å²) in [6.07, 6.45) is 12.1. The van der Waals surface area contributed by atoms with Gasteiger partial charge in [0, 0.05) is 50.6 Å². The topological polar surface area (TPSA) is 45.7 Å². The molecule has 2 saturated carbocycles. The molecule has 28 heavy (non-hydrogen) atoms. The number of ether oxygens (including phenoxy) is 1. The molecule has 2 aliphatic carbocycles. The largest absolute Gasteiger partial charge is 0.474 e. The van der Waals surface area contributed by atoms with Gasteiger partial charge in [0.25, 0.3) is 0 Å². The van der Waals surface area contributed by atoms with Crippen LogP contribution in [-0.4, -0.2) is 52.5 Å². The summed E-state index contributed by atoms with van der Waals surface area (Å²) in [5.41, 5.74) is 2.32. The quantitative estimate of drug-likeness (QED) is 0.798. The Labute approximate surface area is 168 Å². The molecule has 5 heteroatoms. The van der Waals surface area contributed by atoms with Crippen molar-refractivity contribution in [2.75, 3.05) is 19.6 Å². The maximum absolute atomic E-state index is 12.7. The van der Waals surface area contributed by atoms with Gasteiger partial charge in [0.1, 0.15) is 6.10 Å². The Morgan fingerprint density at radius 1 is 0.964 bits per heavy atom. The van der Waals surface area contributed by atoms with Crippen molar-refractivity contribution in [2.45, 2.75) is 82.9 Å². The lowest BCUT2D eigenvalue weighted by molar-refractivity contribution is -0.136. The van der Waals surface area contributed by atoms with Crippen molar-refractivity contribution < 1.29 is 9.53 Å². The number of likely N-dealkylation sites (tertiary alicyclic amines) is 1. The van der Waals surface area contributed by atoms with E-state index in [0.717, 1.165) is 62.8 Å². The van der Waals surface area contributed by atoms with Gasteiger partial charge in [-0.2, -0.15) is 0 Å². The molecule has 0 bridgehead atoms. The van der Waals surface area contributed by atoms with Gasteiger partial charge in [-0.3, -0.25) is 4.79 Å². The van der Waals surface area contributed by atoms with Gasteiger partial charge in [0.05, 0.1) is 5.69 Å². The zero-order valence-electron chi connectivity index (χ0n) is 16.9. The van der Waals surface area contributed by atoms with Crippen LogP contribution in [0.25, 0.3) is 0 Å². The lowest BCUT2D eigenvalue weighted by Gasteiger charge is -2.41. The standard InChI is InChI=1S/C23H33N3O2/c27-23(17-4-1-2-5-17)26-15-12-21-18(16-26)8-9-22(24-21)28-20-10-13-25(14-11-20)19-6-3-7-19/h8-9,17,19-20H,1-7,10-16H2. The molecule has 1 amide bonds. The molecule has 1 saturated heterocycles. The molecule has 152 valence electrons. The highest BCUT2D eigenvalue weighted by Crippen LogP contribution is 2.30. The fraction of sp³-hybridized carbons (Fsp3) is 0.739. The van der Waals surface area contributed by atoms with Crippen molar-refractivity contribution in [3.8, 4) is 5.88 Å². The van der Waals surface area contributed by atoms with Crippen molar-refractivity contribution in [3.05, 3.63) is 23.4 Å². The molecular weight excluding hydrogens is 350 g/mol. The highest BCUT2D eigenvalue weighted by molar-refractivity contribution is 5.79. The van der Waals surface area contributed by atoms with Crippen LogP contribution >= 0.6 is 0 Å². The Hall–Kier alpha value is -1.62. The summed E-state index contributed by atoms with van der Waals surface area (Å²) >= 11 is 0. The molecule has 2 aliphatic heterocycles. The molecule has 0 spiro atoms. The number of carbonyl (C=O) groups excluding carboxylic acids is 1. The van der Waals surface area contributed by atoms with Crippen molar-refractivity contribution in [3.63, 3.8) is 0 Å². The smallest absolute Gasteiger partial charge is 0.225 e. The third kappa shape index (κ3) is 3.78. The molecule has 3 fully saturated rings. The van der Waals surface area contributed by atoms with Crippen LogP contribution in [0.15, 0.2) is 12.1 Å². The molecule has 4 aliphatic rings. The maximum atomic E-state index is 12.7. The highest BCUT2D eigenvalue weighted by atomic mass is 16.5. The predicted octanol–water partition coefficient (Wildman–Crippen LogP) is 3.55. The summed E-state index contributed by atoms with van der Waals surface area (Å²) in [5, 5.41) is 0. The van der Waals surface area contributed by atoms with E-state index in [1.807, 2.05) is 6.07 Å². The SMILES string of the molecule is O=C(C1CCCC1)N1CCc2nc(OC3CCN(C4CCC4)CC3)ccc2C1. The number of piperidine rings is 1. The van der Waals surface area contributed by atoms with Gasteiger partial charge in [-0.05, 0) is 44.1 Å². The Morgan fingerprint density at radius 2 is 1.75 bits per heavy atom. The minimum Gasteiger partial charge on any atom is -0.474 e. The molecule has 1 aromatic heterocycles. The first kappa shape index (κ1) is 18.4. The Bertz CT molecular complexity index is 704. The van der Waals surface area contributed by atoms with Crippen LogP contribution < -0.4 is 4.74 Å². The number of nitrogens with zero attached hydrogens (tertiary/aromatic N) is 3. The van der Waals surface area contributed by atoms with E-state index in [-0.39, 0.29) is 5.92 Å². The van der Waals surface area contributed by atoms with E-state index in [4.69, 9.17) is 9.72 Å². The van der Waals surface area contributed by atoms with Crippen LogP contribution in [0.2, 0.25) is 0 Å². The van der Waals surface area contributed by atoms with Crippen LogP contribution in [0.1, 0.15) is 69.0 Å². The Kier molecular flexibility index (Phi) is 5.27. The second-order valence-corrected chi connectivity index (χ2v) is 9.18. The van der Waals surface area contributed by atoms with Gasteiger partial charge in [0.15, 0.2) is 0 Å². The molecule has 5 rings (SSSR count). The zero-order valence-corrected chi connectivity index (χ0v) is 16.9. The number of amides is 1. The first-order valence-corrected chi connectivity index (χ1v) is 11.4. The normalized spacial score (nSPS) is 24.8. The van der Waals surface area contributed by atoms with Crippen molar-refractivity contribution >= 4 is 5.91 Å². The molecule has 0 aromatic carbocycles. The number of carbonyl (C=O) groups is 1. The lowest BCUT2D eigenvalue weighted by atomic mass is 9.90. The van der Waals surface area contributed by atoms with Crippen LogP contribution in [-0.2, 0) is 17.8 Å². The molecule has 1 aromatic rings. The molecule has 3 heterocycles. The molecule has 0 atom stereocenters. The molecule has 5 nitrogen and oxygen atoms in total. The van der Waals surface area contributed by atoms with Gasteiger partial charge in [-0.1, -0.05) is 25.3 Å². The fourth-order valence-electron chi connectivity index (χ4n) is 5.36. The summed E-state index contributed by atoms with van der Waals surface area (Å²) in [7, 11) is 0. The fourth-order valence-corrected chi connectivity index (χ4v) is 5.36. The predicted molar refractivity (Wildman–Crippen MR) is 108 cm³/mol. The average Bonchev–Trinajstić information content (AvgIpc) is 3.22. The number of fused-ring (bicyclic) bond motifs is 1. The maximum Gasteiger partial charge on any atom is 0.225 e. The van der Waals surface area contributed by atoms with E-state index in [2.05, 4.69) is 15.9 Å². The van der Waals surface area contributed by atoms with Crippen LogP contribution in [0.5, 0.6) is 5.88 Å². The van der Waals surface area contributed by atoms with Gasteiger partial charge >= 0.3 is 0 Å². The minimum atomic E-state index is 0.267. The summed E-state index contributed by atoms with van der Waals surface area (Å²) in [4.78, 5) is 22.2. The van der Waals surface area contributed by atoms with E-state index in [0.29, 0.717) is 12.0 Å². The summed E-state index contributed by atoms with van der Waals surface area (Å²) in [5.74, 6) is 1.40. The molecule has 0 radical (unpaired) electrons. The van der Waals surface area contributed by atoms with E-state index >= 15 is 0 Å². The van der Waals surface area contributed by atoms with Gasteiger partial charge in [0.2, 0.25) is 11.8 Å². The number of hydrogen-bond donors (Lipinski definition) is 0. The van der Waals surface area contributed by atoms with E-state index < -0.39 is 0 Å². The van der Waals surface area contributed by atoms with E-state index in [1.54, 1.807) is 0 Å². The van der Waals surface area contributed by atoms with Crippen LogP contribution in [0, 0.1) is 5.92 Å². The lowest BCUT2D eigenvalue weighted by Crippen LogP contribution is -2.46. The number of rotatable bonds is 4. The summed E-state index contributed by atoms with van der Waals surface area (Å²) in [6, 6.07) is 4.99. The average molecular weight is 384 g/mol. The summed E-state index contributed by atoms with van der Waals surface area (Å²) in [6.45, 7) is 3.85. The van der Waals surface area contributed by atoms with Gasteiger partial charge < -0.3 is 14.5 Å². The number of hydrogen-bond acceptors (Lipinski definition) is 4. The number of aromatic nitrogens is 1. The third-order valence-corrected chi connectivity index (χ3v) is 7.39. The van der Waals surface area contributed by atoms with Crippen molar-refractivity contribution in [1.29, 1.82) is 0 Å². The van der Waals surface area contributed by atoms with Gasteiger partial charge in [-0.15, -0.1) is 0 Å².